The lowest BCUT2D eigenvalue weighted by Crippen LogP contribution is -2.49. The molecule has 1 amide bonds. The number of hydrogen-bond donors (Lipinski definition) is 1. The molecular weight excluding hydrogens is 327 g/mol. The maximum absolute atomic E-state index is 13.2. The van der Waals surface area contributed by atoms with Crippen LogP contribution in [0.5, 0.6) is 0 Å². The number of hydrogen-bond acceptors (Lipinski definition) is 5. The second-order valence-corrected chi connectivity index (χ2v) is 6.81. The second kappa shape index (κ2) is 7.72. The number of halogens is 1. The summed E-state index contributed by atoms with van der Waals surface area (Å²) in [6.45, 7) is 6.02. The van der Waals surface area contributed by atoms with Gasteiger partial charge in [-0.25, -0.2) is 9.37 Å². The number of nitrogens with zero attached hydrogens (tertiary/aromatic N) is 3. The van der Waals surface area contributed by atoms with Crippen LogP contribution in [-0.4, -0.2) is 48.5 Å². The van der Waals surface area contributed by atoms with Crippen molar-refractivity contribution >= 4 is 22.4 Å². The van der Waals surface area contributed by atoms with Gasteiger partial charge in [0.2, 0.25) is 5.91 Å². The van der Waals surface area contributed by atoms with E-state index < -0.39 is 0 Å². The van der Waals surface area contributed by atoms with Crippen molar-refractivity contribution < 1.29 is 9.18 Å². The molecule has 128 valence electrons. The molecule has 1 aliphatic rings. The van der Waals surface area contributed by atoms with Gasteiger partial charge < -0.3 is 10.2 Å². The minimum absolute atomic E-state index is 0.000299. The van der Waals surface area contributed by atoms with Crippen LogP contribution >= 0.6 is 11.3 Å². The molecule has 0 spiro atoms. The van der Waals surface area contributed by atoms with Gasteiger partial charge in [-0.2, -0.15) is 0 Å². The van der Waals surface area contributed by atoms with Crippen LogP contribution in [0.1, 0.15) is 11.1 Å². The van der Waals surface area contributed by atoms with Crippen LogP contribution in [0.2, 0.25) is 0 Å². The molecule has 0 bridgehead atoms. The minimum atomic E-state index is -0.219. The molecule has 1 N–H and O–H groups in total. The Hall–Kier alpha value is -1.99. The first-order valence-corrected chi connectivity index (χ1v) is 8.88. The van der Waals surface area contributed by atoms with E-state index in [0.717, 1.165) is 36.9 Å². The van der Waals surface area contributed by atoms with E-state index in [1.807, 2.05) is 11.6 Å². The second-order valence-electron chi connectivity index (χ2n) is 5.94. The molecule has 1 saturated heterocycles. The van der Waals surface area contributed by atoms with Crippen molar-refractivity contribution in [1.82, 2.24) is 15.2 Å². The maximum atomic E-state index is 13.2. The predicted octanol–water partition coefficient (Wildman–Crippen LogP) is 2.03. The highest BCUT2D eigenvalue weighted by molar-refractivity contribution is 7.13. The average Bonchev–Trinajstić information content (AvgIpc) is 3.11. The Balaban J connectivity index is 1.42. The third-order valence-electron chi connectivity index (χ3n) is 4.14. The zero-order valence-corrected chi connectivity index (χ0v) is 14.5. The average molecular weight is 348 g/mol. The van der Waals surface area contributed by atoms with Gasteiger partial charge in [0, 0.05) is 44.3 Å². The summed E-state index contributed by atoms with van der Waals surface area (Å²) in [7, 11) is 0. The first-order chi connectivity index (χ1) is 11.6. The largest absolute Gasteiger partial charge is 0.351 e. The van der Waals surface area contributed by atoms with Gasteiger partial charge in [0.1, 0.15) is 5.82 Å². The van der Waals surface area contributed by atoms with E-state index in [0.29, 0.717) is 18.7 Å². The number of thiazole rings is 1. The Bertz CT molecular complexity index is 684. The third kappa shape index (κ3) is 4.30. The van der Waals surface area contributed by atoms with E-state index in [1.54, 1.807) is 30.4 Å². The van der Waals surface area contributed by atoms with Crippen LogP contribution in [0.15, 0.2) is 29.8 Å². The molecule has 3 rings (SSSR count). The quantitative estimate of drug-likeness (QED) is 0.898. The van der Waals surface area contributed by atoms with E-state index in [2.05, 4.69) is 20.1 Å². The Labute approximate surface area is 145 Å². The van der Waals surface area contributed by atoms with Crippen molar-refractivity contribution in [3.05, 3.63) is 46.7 Å². The number of carbonyl (C=O) groups is 1. The van der Waals surface area contributed by atoms with Crippen LogP contribution in [-0.2, 0) is 11.3 Å². The summed E-state index contributed by atoms with van der Waals surface area (Å²) in [5.74, 6) is -0.220. The van der Waals surface area contributed by atoms with Crippen molar-refractivity contribution in [3.63, 3.8) is 0 Å². The first kappa shape index (κ1) is 16.9. The van der Waals surface area contributed by atoms with Crippen LogP contribution in [0.3, 0.4) is 0 Å². The van der Waals surface area contributed by atoms with E-state index in [9.17, 15) is 9.18 Å². The smallest absolute Gasteiger partial charge is 0.234 e. The van der Waals surface area contributed by atoms with Gasteiger partial charge >= 0.3 is 0 Å². The van der Waals surface area contributed by atoms with Gasteiger partial charge in [-0.15, -0.1) is 11.3 Å². The number of amides is 1. The Morgan fingerprint density at radius 2 is 2.12 bits per heavy atom. The standard InChI is InChI=1S/C17H21FN4OS/c1-13-10-14(2-3-15(13)18)11-20-16(23)12-21-5-7-22(8-6-21)17-19-4-9-24-17/h2-4,9-10H,5-8,11-12H2,1H3,(H,20,23). The molecule has 1 aliphatic heterocycles. The summed E-state index contributed by atoms with van der Waals surface area (Å²) in [5.41, 5.74) is 1.51. The van der Waals surface area contributed by atoms with Crippen molar-refractivity contribution in [3.8, 4) is 0 Å². The zero-order valence-electron chi connectivity index (χ0n) is 13.7. The lowest BCUT2D eigenvalue weighted by Gasteiger charge is -2.34. The summed E-state index contributed by atoms with van der Waals surface area (Å²) >= 11 is 1.64. The molecule has 1 fully saturated rings. The topological polar surface area (TPSA) is 48.5 Å². The van der Waals surface area contributed by atoms with Crippen LogP contribution in [0.4, 0.5) is 9.52 Å². The van der Waals surface area contributed by atoms with E-state index >= 15 is 0 Å². The van der Waals surface area contributed by atoms with Crippen LogP contribution < -0.4 is 10.2 Å². The monoisotopic (exact) mass is 348 g/mol. The Morgan fingerprint density at radius 1 is 1.33 bits per heavy atom. The fourth-order valence-corrected chi connectivity index (χ4v) is 3.44. The molecule has 7 heteroatoms. The molecule has 0 aliphatic carbocycles. The Morgan fingerprint density at radius 3 is 2.79 bits per heavy atom. The minimum Gasteiger partial charge on any atom is -0.351 e. The fraction of sp³-hybridized carbons (Fsp3) is 0.412. The van der Waals surface area contributed by atoms with Crippen molar-refractivity contribution in [1.29, 1.82) is 0 Å². The highest BCUT2D eigenvalue weighted by atomic mass is 32.1. The van der Waals surface area contributed by atoms with Gasteiger partial charge in [-0.3, -0.25) is 9.69 Å². The molecule has 1 aromatic heterocycles. The zero-order chi connectivity index (χ0) is 16.9. The number of rotatable bonds is 5. The molecule has 2 heterocycles. The van der Waals surface area contributed by atoms with E-state index in [-0.39, 0.29) is 11.7 Å². The highest BCUT2D eigenvalue weighted by Crippen LogP contribution is 2.18. The summed E-state index contributed by atoms with van der Waals surface area (Å²) in [5, 5.41) is 5.93. The third-order valence-corrected chi connectivity index (χ3v) is 4.97. The number of carbonyl (C=O) groups excluding carboxylic acids is 1. The fourth-order valence-electron chi connectivity index (χ4n) is 2.75. The molecule has 0 atom stereocenters. The summed E-state index contributed by atoms with van der Waals surface area (Å²) in [6.07, 6.45) is 1.82. The molecule has 2 aromatic rings. The predicted molar refractivity (Wildman–Crippen MR) is 93.8 cm³/mol. The van der Waals surface area contributed by atoms with E-state index in [4.69, 9.17) is 0 Å². The van der Waals surface area contributed by atoms with Crippen molar-refractivity contribution in [2.24, 2.45) is 0 Å². The number of aromatic nitrogens is 1. The normalized spacial score (nSPS) is 15.5. The molecule has 1 aromatic carbocycles. The van der Waals surface area contributed by atoms with Gasteiger partial charge in [-0.1, -0.05) is 12.1 Å². The summed E-state index contributed by atoms with van der Waals surface area (Å²) < 4.78 is 13.2. The summed E-state index contributed by atoms with van der Waals surface area (Å²) in [6, 6.07) is 4.91. The molecule has 24 heavy (non-hydrogen) atoms. The lowest BCUT2D eigenvalue weighted by molar-refractivity contribution is -0.122. The Kier molecular flexibility index (Phi) is 5.42. The molecule has 0 radical (unpaired) electrons. The number of aryl methyl sites for hydroxylation is 1. The summed E-state index contributed by atoms with van der Waals surface area (Å²) in [4.78, 5) is 20.8. The number of anilines is 1. The molecule has 0 unspecified atom stereocenters. The lowest BCUT2D eigenvalue weighted by atomic mass is 10.1. The number of benzene rings is 1. The highest BCUT2D eigenvalue weighted by Gasteiger charge is 2.20. The maximum Gasteiger partial charge on any atom is 0.234 e. The first-order valence-electron chi connectivity index (χ1n) is 8.00. The van der Waals surface area contributed by atoms with Gasteiger partial charge in [0.05, 0.1) is 6.54 Å². The molecular formula is C17H21FN4OS. The van der Waals surface area contributed by atoms with Gasteiger partial charge in [0.25, 0.3) is 0 Å². The van der Waals surface area contributed by atoms with Crippen molar-refractivity contribution in [2.45, 2.75) is 13.5 Å². The van der Waals surface area contributed by atoms with Crippen molar-refractivity contribution in [2.75, 3.05) is 37.6 Å². The van der Waals surface area contributed by atoms with Crippen LogP contribution in [0, 0.1) is 12.7 Å². The van der Waals surface area contributed by atoms with Gasteiger partial charge in [-0.05, 0) is 24.1 Å². The van der Waals surface area contributed by atoms with E-state index in [1.165, 1.54) is 6.07 Å². The van der Waals surface area contributed by atoms with Gasteiger partial charge in [0.15, 0.2) is 5.13 Å². The SMILES string of the molecule is Cc1cc(CNC(=O)CN2CCN(c3nccs3)CC2)ccc1F. The molecule has 5 nitrogen and oxygen atoms in total. The number of nitrogens with one attached hydrogen (secondary N) is 1. The van der Waals surface area contributed by atoms with Crippen LogP contribution in [0.25, 0.3) is 0 Å². The molecule has 0 saturated carbocycles. The number of piperazine rings is 1.